The van der Waals surface area contributed by atoms with Crippen LogP contribution in [0.1, 0.15) is 40.5 Å². The van der Waals surface area contributed by atoms with Gasteiger partial charge in [0.15, 0.2) is 5.78 Å². The van der Waals surface area contributed by atoms with Crippen molar-refractivity contribution in [1.82, 2.24) is 9.88 Å². The average molecular weight is 375 g/mol. The Bertz CT molecular complexity index is 756. The Morgan fingerprint density at radius 1 is 1.08 bits per heavy atom. The van der Waals surface area contributed by atoms with Crippen molar-refractivity contribution in [1.29, 1.82) is 0 Å². The number of pyridine rings is 1. The molecule has 0 N–H and O–H groups in total. The number of benzene rings is 1. The van der Waals surface area contributed by atoms with Crippen molar-refractivity contribution in [3.63, 3.8) is 0 Å². The van der Waals surface area contributed by atoms with E-state index in [2.05, 4.69) is 4.98 Å². The first-order valence-electron chi connectivity index (χ1n) is 8.26. The number of thioether (sulfide) groups is 1. The summed E-state index contributed by atoms with van der Waals surface area (Å²) in [6, 6.07) is 10.5. The molecule has 130 valence electrons. The summed E-state index contributed by atoms with van der Waals surface area (Å²) in [4.78, 5) is 31.0. The number of carbonyl (C=O) groups is 2. The molecule has 25 heavy (non-hydrogen) atoms. The molecule has 0 bridgehead atoms. The largest absolute Gasteiger partial charge is 0.339 e. The molecule has 2 aromatic rings. The van der Waals surface area contributed by atoms with Crippen LogP contribution in [0.3, 0.4) is 0 Å². The van der Waals surface area contributed by atoms with Crippen LogP contribution >= 0.6 is 23.4 Å². The van der Waals surface area contributed by atoms with Gasteiger partial charge in [0.2, 0.25) is 0 Å². The Labute approximate surface area is 156 Å². The quantitative estimate of drug-likeness (QED) is 0.577. The molecule has 0 saturated carbocycles. The first kappa shape index (κ1) is 18.0. The van der Waals surface area contributed by atoms with Gasteiger partial charge in [0.25, 0.3) is 5.91 Å². The lowest BCUT2D eigenvalue weighted by molar-refractivity contribution is 0.0792. The van der Waals surface area contributed by atoms with Gasteiger partial charge in [0.1, 0.15) is 0 Å². The number of amides is 1. The van der Waals surface area contributed by atoms with E-state index in [9.17, 15) is 9.59 Å². The summed E-state index contributed by atoms with van der Waals surface area (Å²) in [5.41, 5.74) is 1.23. The Balaban J connectivity index is 1.63. The van der Waals surface area contributed by atoms with Gasteiger partial charge >= 0.3 is 0 Å². The van der Waals surface area contributed by atoms with Crippen LogP contribution in [0.4, 0.5) is 0 Å². The van der Waals surface area contributed by atoms with Gasteiger partial charge in [-0.1, -0.05) is 23.4 Å². The van der Waals surface area contributed by atoms with Gasteiger partial charge in [-0.15, -0.1) is 0 Å². The predicted molar refractivity (Wildman–Crippen MR) is 100 cm³/mol. The molecule has 0 aliphatic carbocycles. The summed E-state index contributed by atoms with van der Waals surface area (Å²) in [7, 11) is 0. The Kier molecular flexibility index (Phi) is 5.76. The Morgan fingerprint density at radius 3 is 2.32 bits per heavy atom. The third-order valence-electron chi connectivity index (χ3n) is 4.17. The number of Topliss-reactive ketones (excluding diaryl/α,β-unsaturated/α-hetero) is 1. The predicted octanol–water partition coefficient (Wildman–Crippen LogP) is 4.33. The maximum absolute atomic E-state index is 12.5. The van der Waals surface area contributed by atoms with Crippen molar-refractivity contribution >= 4 is 35.1 Å². The first-order chi connectivity index (χ1) is 12.0. The van der Waals surface area contributed by atoms with Crippen LogP contribution in [0.15, 0.2) is 47.6 Å². The summed E-state index contributed by atoms with van der Waals surface area (Å²) in [6.07, 6.45) is 3.73. The number of ketones is 1. The van der Waals surface area contributed by atoms with Crippen LogP contribution in [-0.4, -0.2) is 39.9 Å². The fourth-order valence-corrected chi connectivity index (χ4v) is 3.75. The minimum Gasteiger partial charge on any atom is -0.339 e. The standard InChI is InChI=1S/C19H19ClN2O2S/c1-13(18(23)14-4-7-16(20)8-5-14)25-17-9-6-15(12-21-17)19(24)22-10-2-3-11-22/h4-9,12-13H,2-3,10-11H2,1H3/t13-/m0/s1. The molecule has 0 radical (unpaired) electrons. The molecular weight excluding hydrogens is 356 g/mol. The van der Waals surface area contributed by atoms with Gasteiger partial charge in [-0.3, -0.25) is 9.59 Å². The number of hydrogen-bond donors (Lipinski definition) is 0. The van der Waals surface area contributed by atoms with Crippen LogP contribution in [0.5, 0.6) is 0 Å². The summed E-state index contributed by atoms with van der Waals surface area (Å²) < 4.78 is 0. The van der Waals surface area contributed by atoms with Gasteiger partial charge < -0.3 is 4.90 Å². The minimum atomic E-state index is -0.270. The zero-order valence-corrected chi connectivity index (χ0v) is 15.5. The van der Waals surface area contributed by atoms with Crippen molar-refractivity contribution in [2.45, 2.75) is 30.0 Å². The van der Waals surface area contributed by atoms with Crippen LogP contribution < -0.4 is 0 Å². The second kappa shape index (κ2) is 8.02. The summed E-state index contributed by atoms with van der Waals surface area (Å²) in [5, 5.41) is 1.07. The molecule has 3 rings (SSSR count). The van der Waals surface area contributed by atoms with Gasteiger partial charge in [-0.25, -0.2) is 4.98 Å². The molecule has 1 amide bonds. The Hall–Kier alpha value is -1.85. The van der Waals surface area contributed by atoms with E-state index in [-0.39, 0.29) is 16.9 Å². The second-order valence-electron chi connectivity index (χ2n) is 6.02. The highest BCUT2D eigenvalue weighted by atomic mass is 35.5. The first-order valence-corrected chi connectivity index (χ1v) is 9.52. The van der Waals surface area contributed by atoms with Gasteiger partial charge in [-0.2, -0.15) is 0 Å². The second-order valence-corrected chi connectivity index (χ2v) is 7.81. The third-order valence-corrected chi connectivity index (χ3v) is 5.47. The molecule has 1 aromatic carbocycles. The highest BCUT2D eigenvalue weighted by Crippen LogP contribution is 2.25. The molecule has 4 nitrogen and oxygen atoms in total. The number of carbonyl (C=O) groups excluding carboxylic acids is 2. The van der Waals surface area contributed by atoms with Crippen LogP contribution in [0, 0.1) is 0 Å². The summed E-state index contributed by atoms with van der Waals surface area (Å²) in [6.45, 7) is 3.50. The SMILES string of the molecule is C[C@H](Sc1ccc(C(=O)N2CCCC2)cn1)C(=O)c1ccc(Cl)cc1. The highest BCUT2D eigenvalue weighted by molar-refractivity contribution is 8.00. The normalized spacial score (nSPS) is 15.2. The van der Waals surface area contributed by atoms with E-state index in [1.807, 2.05) is 11.8 Å². The molecule has 0 spiro atoms. The number of halogens is 1. The fourth-order valence-electron chi connectivity index (χ4n) is 2.76. The maximum Gasteiger partial charge on any atom is 0.255 e. The molecule has 1 aromatic heterocycles. The van der Waals surface area contributed by atoms with Gasteiger partial charge in [0, 0.05) is 29.9 Å². The lowest BCUT2D eigenvalue weighted by Crippen LogP contribution is -2.27. The van der Waals surface area contributed by atoms with E-state index in [0.717, 1.165) is 31.0 Å². The van der Waals surface area contributed by atoms with Crippen LogP contribution in [-0.2, 0) is 0 Å². The molecule has 1 saturated heterocycles. The number of aromatic nitrogens is 1. The van der Waals surface area contributed by atoms with Gasteiger partial charge in [0.05, 0.1) is 15.8 Å². The molecule has 1 aliphatic heterocycles. The molecule has 6 heteroatoms. The van der Waals surface area contributed by atoms with E-state index in [0.29, 0.717) is 16.1 Å². The molecule has 0 unspecified atom stereocenters. The van der Waals surface area contributed by atoms with Crippen LogP contribution in [0.25, 0.3) is 0 Å². The van der Waals surface area contributed by atoms with Crippen molar-refractivity contribution in [2.75, 3.05) is 13.1 Å². The summed E-state index contributed by atoms with van der Waals surface area (Å²) >= 11 is 7.24. The maximum atomic E-state index is 12.5. The average Bonchev–Trinajstić information content (AvgIpc) is 3.16. The highest BCUT2D eigenvalue weighted by Gasteiger charge is 2.20. The van der Waals surface area contributed by atoms with E-state index in [4.69, 9.17) is 11.6 Å². The molecule has 1 aliphatic rings. The number of likely N-dealkylation sites (tertiary alicyclic amines) is 1. The lowest BCUT2D eigenvalue weighted by Gasteiger charge is -2.15. The third kappa shape index (κ3) is 4.41. The van der Waals surface area contributed by atoms with Crippen molar-refractivity contribution in [3.8, 4) is 0 Å². The number of rotatable bonds is 5. The zero-order chi connectivity index (χ0) is 17.8. The van der Waals surface area contributed by atoms with Gasteiger partial charge in [-0.05, 0) is 56.2 Å². The molecule has 1 fully saturated rings. The topological polar surface area (TPSA) is 50.3 Å². The molecule has 1 atom stereocenters. The smallest absolute Gasteiger partial charge is 0.255 e. The summed E-state index contributed by atoms with van der Waals surface area (Å²) in [5.74, 6) is 0.0625. The molecular formula is C19H19ClN2O2S. The van der Waals surface area contributed by atoms with E-state index in [1.165, 1.54) is 11.8 Å². The zero-order valence-electron chi connectivity index (χ0n) is 13.9. The van der Waals surface area contributed by atoms with Crippen molar-refractivity contribution < 1.29 is 9.59 Å². The van der Waals surface area contributed by atoms with Crippen LogP contribution in [0.2, 0.25) is 5.02 Å². The van der Waals surface area contributed by atoms with E-state index >= 15 is 0 Å². The van der Waals surface area contributed by atoms with Crippen molar-refractivity contribution in [2.24, 2.45) is 0 Å². The molecule has 2 heterocycles. The monoisotopic (exact) mass is 374 g/mol. The van der Waals surface area contributed by atoms with Crippen molar-refractivity contribution in [3.05, 3.63) is 58.7 Å². The number of nitrogens with zero attached hydrogens (tertiary/aromatic N) is 2. The Morgan fingerprint density at radius 2 is 1.72 bits per heavy atom. The fraction of sp³-hybridized carbons (Fsp3) is 0.316. The van der Waals surface area contributed by atoms with E-state index < -0.39 is 0 Å². The van der Waals surface area contributed by atoms with E-state index in [1.54, 1.807) is 42.6 Å². The lowest BCUT2D eigenvalue weighted by atomic mass is 10.1. The number of hydrogen-bond acceptors (Lipinski definition) is 4. The minimum absolute atomic E-state index is 0.0284.